The Kier molecular flexibility index (Phi) is 8.16. The molecule has 0 bridgehead atoms. The molecule has 0 spiro atoms. The molecular formula is C25H25BN4O5S2. The van der Waals surface area contributed by atoms with Gasteiger partial charge in [-0.05, 0) is 61.2 Å². The number of ether oxygens (including phenoxy) is 1. The van der Waals surface area contributed by atoms with Gasteiger partial charge >= 0.3 is 5.97 Å². The van der Waals surface area contributed by atoms with Crippen molar-refractivity contribution in [2.24, 2.45) is 0 Å². The summed E-state index contributed by atoms with van der Waals surface area (Å²) in [6, 6.07) is 18.2. The predicted molar refractivity (Wildman–Crippen MR) is 145 cm³/mol. The maximum Gasteiger partial charge on any atom is 0.326 e. The Labute approximate surface area is 220 Å². The summed E-state index contributed by atoms with van der Waals surface area (Å²) in [6.45, 7) is 1.21. The molecule has 3 aromatic rings. The van der Waals surface area contributed by atoms with Crippen LogP contribution in [0.2, 0.25) is 12.6 Å². The van der Waals surface area contributed by atoms with Crippen LogP contribution in [-0.2, 0) is 19.6 Å². The number of carbonyl (C=O) groups is 2. The fourth-order valence-corrected chi connectivity index (χ4v) is 6.52. The van der Waals surface area contributed by atoms with Crippen molar-refractivity contribution in [1.29, 1.82) is 5.26 Å². The minimum atomic E-state index is -4.06. The van der Waals surface area contributed by atoms with Crippen LogP contribution in [0.3, 0.4) is 0 Å². The molecule has 37 heavy (non-hydrogen) atoms. The van der Waals surface area contributed by atoms with E-state index >= 15 is 0 Å². The number of nitrogens with one attached hydrogen (secondary N) is 1. The summed E-state index contributed by atoms with van der Waals surface area (Å²) < 4.78 is 32.2. The van der Waals surface area contributed by atoms with E-state index in [0.29, 0.717) is 5.69 Å². The molecule has 1 aliphatic rings. The Bertz CT molecular complexity index is 1400. The van der Waals surface area contributed by atoms with Crippen LogP contribution in [-0.4, -0.2) is 53.8 Å². The number of carbonyl (C=O) groups excluding carboxylic acids is 2. The second-order valence-corrected chi connectivity index (χ2v) is 11.4. The molecule has 0 atom stereocenters. The molecule has 0 saturated carbocycles. The number of hydrogen-bond donors (Lipinski definition) is 1. The second-order valence-electron chi connectivity index (χ2n) is 8.43. The highest BCUT2D eigenvalue weighted by Crippen LogP contribution is 2.31. The normalized spacial score (nSPS) is 13.5. The van der Waals surface area contributed by atoms with Gasteiger partial charge in [0.25, 0.3) is 22.6 Å². The van der Waals surface area contributed by atoms with Crippen molar-refractivity contribution >= 4 is 56.3 Å². The van der Waals surface area contributed by atoms with E-state index in [1.54, 1.807) is 18.2 Å². The van der Waals surface area contributed by atoms with Gasteiger partial charge in [0, 0.05) is 30.4 Å². The van der Waals surface area contributed by atoms with Crippen LogP contribution in [0, 0.1) is 11.2 Å². The van der Waals surface area contributed by atoms with Crippen molar-refractivity contribution in [3.05, 3.63) is 71.6 Å². The monoisotopic (exact) mass is 536 g/mol. The van der Waals surface area contributed by atoms with Gasteiger partial charge in [0.05, 0.1) is 16.9 Å². The topological polar surface area (TPSA) is 120 Å². The maximum atomic E-state index is 13.3. The number of amides is 1. The van der Waals surface area contributed by atoms with E-state index in [9.17, 15) is 18.0 Å². The van der Waals surface area contributed by atoms with E-state index in [1.165, 1.54) is 31.4 Å². The van der Waals surface area contributed by atoms with E-state index in [-0.39, 0.29) is 21.5 Å². The third kappa shape index (κ3) is 6.13. The van der Waals surface area contributed by atoms with Gasteiger partial charge in [-0.2, -0.15) is 0 Å². The lowest BCUT2D eigenvalue weighted by molar-refractivity contribution is -0.138. The Morgan fingerprint density at radius 2 is 1.76 bits per heavy atom. The van der Waals surface area contributed by atoms with Gasteiger partial charge in [-0.15, -0.1) is 11.3 Å². The third-order valence-corrected chi connectivity index (χ3v) is 9.06. The van der Waals surface area contributed by atoms with Gasteiger partial charge in [-0.1, -0.05) is 18.2 Å². The first kappa shape index (κ1) is 26.3. The fourth-order valence-electron chi connectivity index (χ4n) is 3.98. The summed E-state index contributed by atoms with van der Waals surface area (Å²) in [4.78, 5) is 27.4. The highest BCUT2D eigenvalue weighted by molar-refractivity contribution is 7.93. The van der Waals surface area contributed by atoms with Crippen LogP contribution in [0.4, 0.5) is 16.4 Å². The maximum absolute atomic E-state index is 13.3. The summed E-state index contributed by atoms with van der Waals surface area (Å²) in [5, 5.41) is 12.1. The molecule has 4 rings (SSSR count). The van der Waals surface area contributed by atoms with Crippen LogP contribution in [0.25, 0.3) is 0 Å². The van der Waals surface area contributed by atoms with Crippen LogP contribution in [0.5, 0.6) is 0 Å². The summed E-state index contributed by atoms with van der Waals surface area (Å²) in [5.74, 6) is 1.21. The number of nitrogens with zero attached hydrogens (tertiary/aromatic N) is 3. The summed E-state index contributed by atoms with van der Waals surface area (Å²) in [5.41, 5.74) is 1.62. The molecular weight excluding hydrogens is 511 g/mol. The average Bonchev–Trinajstić information content (AvgIpc) is 3.42. The number of nitriles is 1. The largest absolute Gasteiger partial charge is 0.468 e. The molecule has 1 amide bonds. The number of methoxy groups -OCH3 is 1. The van der Waals surface area contributed by atoms with Crippen molar-refractivity contribution in [2.45, 2.75) is 17.5 Å². The molecule has 0 radical (unpaired) electrons. The molecule has 1 aliphatic heterocycles. The van der Waals surface area contributed by atoms with Crippen molar-refractivity contribution < 1.29 is 22.7 Å². The van der Waals surface area contributed by atoms with Crippen molar-refractivity contribution in [1.82, 2.24) is 0 Å². The Morgan fingerprint density at radius 1 is 1.08 bits per heavy atom. The molecule has 1 aromatic heterocycles. The number of sulfonamides is 1. The molecule has 12 heteroatoms. The SMILES string of the molecule is COC(=O)CN(c1ccc(C(=O)Nc2ccc(N3CCB(C#N)CC3)cc2)s1)S(=O)(=O)c1ccccc1. The van der Waals surface area contributed by atoms with Gasteiger partial charge in [-0.25, -0.2) is 18.0 Å². The van der Waals surface area contributed by atoms with Gasteiger partial charge in [0.15, 0.2) is 0 Å². The molecule has 0 aliphatic carbocycles. The predicted octanol–water partition coefficient (Wildman–Crippen LogP) is 3.75. The van der Waals surface area contributed by atoms with Crippen LogP contribution in [0.15, 0.2) is 71.6 Å². The Morgan fingerprint density at radius 3 is 2.38 bits per heavy atom. The van der Waals surface area contributed by atoms with Crippen LogP contribution < -0.4 is 14.5 Å². The fraction of sp³-hybridized carbons (Fsp3) is 0.240. The van der Waals surface area contributed by atoms with Crippen molar-refractivity contribution in [3.8, 4) is 5.97 Å². The molecule has 0 unspecified atom stereocenters. The zero-order valence-corrected chi connectivity index (χ0v) is 21.8. The number of hydrogen-bond acceptors (Lipinski definition) is 8. The molecule has 190 valence electrons. The smallest absolute Gasteiger partial charge is 0.326 e. The average molecular weight is 536 g/mol. The molecule has 2 heterocycles. The number of benzene rings is 2. The Balaban J connectivity index is 1.48. The minimum absolute atomic E-state index is 0.0234. The first-order valence-corrected chi connectivity index (χ1v) is 13.9. The van der Waals surface area contributed by atoms with Crippen molar-refractivity contribution in [2.75, 3.05) is 41.3 Å². The van der Waals surface area contributed by atoms with Crippen LogP contribution >= 0.6 is 11.3 Å². The van der Waals surface area contributed by atoms with Gasteiger partial charge in [0.2, 0.25) is 0 Å². The van der Waals surface area contributed by atoms with Gasteiger partial charge < -0.3 is 15.0 Å². The number of esters is 1. The van der Waals surface area contributed by atoms with E-state index in [1.807, 2.05) is 24.3 Å². The Hall–Kier alpha value is -3.82. The van der Waals surface area contributed by atoms with E-state index < -0.39 is 28.4 Å². The lowest BCUT2D eigenvalue weighted by atomic mass is 9.45. The number of thiophene rings is 1. The lowest BCUT2D eigenvalue weighted by Crippen LogP contribution is -2.36. The highest BCUT2D eigenvalue weighted by Gasteiger charge is 2.29. The number of anilines is 3. The van der Waals surface area contributed by atoms with E-state index in [0.717, 1.165) is 47.1 Å². The van der Waals surface area contributed by atoms with Gasteiger partial charge in [0.1, 0.15) is 11.5 Å². The van der Waals surface area contributed by atoms with E-state index in [4.69, 9.17) is 10.00 Å². The van der Waals surface area contributed by atoms with Crippen LogP contribution in [0.1, 0.15) is 9.67 Å². The molecule has 2 aromatic carbocycles. The molecule has 1 fully saturated rings. The third-order valence-electron chi connectivity index (χ3n) is 6.06. The molecule has 9 nitrogen and oxygen atoms in total. The van der Waals surface area contributed by atoms with Gasteiger partial charge in [-0.3, -0.25) is 9.59 Å². The number of rotatable bonds is 8. The zero-order chi connectivity index (χ0) is 26.4. The zero-order valence-electron chi connectivity index (χ0n) is 20.2. The quantitative estimate of drug-likeness (QED) is 0.344. The summed E-state index contributed by atoms with van der Waals surface area (Å²) in [6.07, 6.45) is 1.67. The summed E-state index contributed by atoms with van der Waals surface area (Å²) in [7, 11) is -2.88. The first-order valence-electron chi connectivity index (χ1n) is 11.6. The second kappa shape index (κ2) is 11.5. The highest BCUT2D eigenvalue weighted by atomic mass is 32.2. The lowest BCUT2D eigenvalue weighted by Gasteiger charge is -2.30. The molecule has 1 saturated heterocycles. The van der Waals surface area contributed by atoms with E-state index in [2.05, 4.69) is 16.2 Å². The summed E-state index contributed by atoms with van der Waals surface area (Å²) >= 11 is 0.963. The standard InChI is InChI=1S/C25H25BN4O5S2/c1-35-24(31)17-30(37(33,34)21-5-3-2-4-6-21)23-12-11-22(36-23)25(32)28-19-7-9-20(10-8-19)29-15-13-26(18-27)14-16-29/h2-12H,13-17H2,1H3,(H,28,32). The van der Waals surface area contributed by atoms with Crippen molar-refractivity contribution in [3.63, 3.8) is 0 Å². The minimum Gasteiger partial charge on any atom is -0.468 e. The molecule has 1 N–H and O–H groups in total. The first-order chi connectivity index (χ1) is 17.8.